The van der Waals surface area contributed by atoms with Gasteiger partial charge < -0.3 is 15.1 Å². The van der Waals surface area contributed by atoms with Crippen molar-refractivity contribution in [2.24, 2.45) is 0 Å². The molecule has 1 spiro atoms. The molecule has 2 N–H and O–H groups in total. The molecular formula is C23H31N3O5. The topological polar surface area (TPSA) is 101 Å². The van der Waals surface area contributed by atoms with Crippen LogP contribution < -0.4 is 0 Å². The molecule has 4 rings (SSSR count). The molecule has 8 heteroatoms. The second kappa shape index (κ2) is 7.60. The van der Waals surface area contributed by atoms with E-state index in [4.69, 9.17) is 0 Å². The first-order chi connectivity index (χ1) is 14.6. The minimum Gasteiger partial charge on any atom is -0.480 e. The van der Waals surface area contributed by atoms with Gasteiger partial charge in [-0.25, -0.2) is 4.79 Å². The number of nitrogens with zero attached hydrogens (tertiary/aromatic N) is 3. The van der Waals surface area contributed by atoms with Crippen LogP contribution in [0.4, 0.5) is 4.79 Å². The Morgan fingerprint density at radius 3 is 2.13 bits per heavy atom. The van der Waals surface area contributed by atoms with Crippen molar-refractivity contribution < 1.29 is 24.6 Å². The minimum absolute atomic E-state index is 0.0774. The first-order valence-electron chi connectivity index (χ1n) is 10.9. The van der Waals surface area contributed by atoms with E-state index in [2.05, 4.69) is 17.0 Å². The van der Waals surface area contributed by atoms with Gasteiger partial charge in [-0.05, 0) is 64.6 Å². The molecule has 1 saturated heterocycles. The second-order valence-electron chi connectivity index (χ2n) is 9.56. The van der Waals surface area contributed by atoms with E-state index in [1.807, 2.05) is 32.3 Å². The Balaban J connectivity index is 1.67. The highest BCUT2D eigenvalue weighted by Crippen LogP contribution is 2.50. The summed E-state index contributed by atoms with van der Waals surface area (Å²) in [6, 6.07) is 9.56. The predicted octanol–water partition coefficient (Wildman–Crippen LogP) is 2.02. The van der Waals surface area contributed by atoms with Crippen LogP contribution in [-0.2, 0) is 15.1 Å². The van der Waals surface area contributed by atoms with Crippen LogP contribution in [0.15, 0.2) is 30.3 Å². The maximum atomic E-state index is 13.5. The summed E-state index contributed by atoms with van der Waals surface area (Å²) in [6.07, 6.45) is 4.22. The molecule has 3 fully saturated rings. The zero-order valence-electron chi connectivity index (χ0n) is 18.2. The van der Waals surface area contributed by atoms with Crippen molar-refractivity contribution in [2.75, 3.05) is 27.2 Å². The number of aliphatic hydroxyl groups is 1. The number of carboxylic acids is 1. The quantitative estimate of drug-likeness (QED) is 0.671. The fourth-order valence-electron chi connectivity index (χ4n) is 5.62. The summed E-state index contributed by atoms with van der Waals surface area (Å²) in [7, 11) is 4.05. The average Bonchev–Trinajstić information content (AvgIpc) is 2.90. The molecule has 0 aromatic heterocycles. The molecular weight excluding hydrogens is 398 g/mol. The zero-order chi connectivity index (χ0) is 22.4. The summed E-state index contributed by atoms with van der Waals surface area (Å²) in [5.41, 5.74) is -1.18. The van der Waals surface area contributed by atoms with E-state index in [9.17, 15) is 24.6 Å². The van der Waals surface area contributed by atoms with Gasteiger partial charge in [0.1, 0.15) is 12.1 Å². The van der Waals surface area contributed by atoms with Crippen molar-refractivity contribution in [3.8, 4) is 0 Å². The number of benzene rings is 1. The van der Waals surface area contributed by atoms with Crippen molar-refractivity contribution in [2.45, 2.75) is 61.6 Å². The maximum absolute atomic E-state index is 13.5. The molecule has 1 aromatic rings. The number of rotatable bonds is 6. The fraction of sp³-hybridized carbons (Fsp3) is 0.609. The first-order valence-corrected chi connectivity index (χ1v) is 10.9. The number of imide groups is 1. The van der Waals surface area contributed by atoms with E-state index >= 15 is 0 Å². The standard InChI is InChI=1S/C23H31N3O5/c1-24(2)22(17-7-4-3-5-8-17)11-13-23(14-12-22)19(29)25(15-18(27)28)20(30)26(23)16-21(31)9-6-10-21/h3-5,7-8,31H,6,9-16H2,1-2H3,(H,27,28). The van der Waals surface area contributed by atoms with Gasteiger partial charge in [0.2, 0.25) is 0 Å². The summed E-state index contributed by atoms with van der Waals surface area (Å²) in [5.74, 6) is -1.66. The van der Waals surface area contributed by atoms with E-state index in [0.29, 0.717) is 38.5 Å². The van der Waals surface area contributed by atoms with Crippen LogP contribution in [0.25, 0.3) is 0 Å². The largest absolute Gasteiger partial charge is 0.480 e. The van der Waals surface area contributed by atoms with Gasteiger partial charge in [0, 0.05) is 5.54 Å². The highest BCUT2D eigenvalue weighted by Gasteiger charge is 2.62. The summed E-state index contributed by atoms with van der Waals surface area (Å²) >= 11 is 0. The van der Waals surface area contributed by atoms with Gasteiger partial charge >= 0.3 is 12.0 Å². The third-order valence-corrected chi connectivity index (χ3v) is 7.72. The summed E-state index contributed by atoms with van der Waals surface area (Å²) in [4.78, 5) is 42.5. The predicted molar refractivity (Wildman–Crippen MR) is 113 cm³/mol. The van der Waals surface area contributed by atoms with Crippen molar-refractivity contribution in [1.82, 2.24) is 14.7 Å². The minimum atomic E-state index is -1.22. The summed E-state index contributed by atoms with van der Waals surface area (Å²) in [5, 5.41) is 20.0. The van der Waals surface area contributed by atoms with Crippen LogP contribution in [0.1, 0.15) is 50.5 Å². The second-order valence-corrected chi connectivity index (χ2v) is 9.56. The number of urea groups is 1. The Hall–Kier alpha value is -2.45. The normalized spacial score (nSPS) is 30.2. The lowest BCUT2D eigenvalue weighted by Crippen LogP contribution is -2.60. The number of carbonyl (C=O) groups excluding carboxylic acids is 2. The number of hydrogen-bond acceptors (Lipinski definition) is 5. The molecule has 31 heavy (non-hydrogen) atoms. The Bertz CT molecular complexity index is 872. The highest BCUT2D eigenvalue weighted by molar-refractivity contribution is 6.08. The highest BCUT2D eigenvalue weighted by atomic mass is 16.4. The molecule has 1 aromatic carbocycles. The van der Waals surface area contributed by atoms with Gasteiger partial charge in [-0.2, -0.15) is 0 Å². The SMILES string of the molecule is CN(C)C1(c2ccccc2)CCC2(CC1)C(=O)N(CC(=O)O)C(=O)N2CC1(O)CCC1. The van der Waals surface area contributed by atoms with Crippen LogP contribution in [0.3, 0.4) is 0 Å². The number of β-amino-alcohol motifs (C(OH)–C–C–N with tert-alkyl or cyclic N) is 1. The van der Waals surface area contributed by atoms with Crippen molar-refractivity contribution in [1.29, 1.82) is 0 Å². The maximum Gasteiger partial charge on any atom is 0.328 e. The zero-order valence-corrected chi connectivity index (χ0v) is 18.2. The summed E-state index contributed by atoms with van der Waals surface area (Å²) in [6.45, 7) is -0.570. The van der Waals surface area contributed by atoms with E-state index in [1.54, 1.807) is 0 Å². The van der Waals surface area contributed by atoms with E-state index in [-0.39, 0.29) is 12.1 Å². The molecule has 1 aliphatic heterocycles. The average molecular weight is 430 g/mol. The van der Waals surface area contributed by atoms with Crippen LogP contribution in [0, 0.1) is 0 Å². The van der Waals surface area contributed by atoms with Crippen LogP contribution in [-0.4, -0.2) is 81.1 Å². The third-order valence-electron chi connectivity index (χ3n) is 7.72. The lowest BCUT2D eigenvalue weighted by atomic mass is 9.67. The molecule has 3 amide bonds. The molecule has 0 atom stereocenters. The van der Waals surface area contributed by atoms with E-state index in [1.165, 1.54) is 4.90 Å². The van der Waals surface area contributed by atoms with Crippen molar-refractivity contribution >= 4 is 17.9 Å². The van der Waals surface area contributed by atoms with Crippen LogP contribution in [0.2, 0.25) is 0 Å². The number of carboxylic acid groups (broad SMARTS) is 1. The van der Waals surface area contributed by atoms with Crippen LogP contribution in [0.5, 0.6) is 0 Å². The van der Waals surface area contributed by atoms with Gasteiger partial charge in [-0.15, -0.1) is 0 Å². The molecule has 0 unspecified atom stereocenters. The van der Waals surface area contributed by atoms with E-state index < -0.39 is 35.6 Å². The fourth-order valence-corrected chi connectivity index (χ4v) is 5.62. The Morgan fingerprint density at radius 2 is 1.65 bits per heavy atom. The number of carbonyl (C=O) groups is 3. The molecule has 0 radical (unpaired) electrons. The molecule has 1 heterocycles. The number of hydrogen-bond donors (Lipinski definition) is 2. The first kappa shape index (κ1) is 21.8. The Labute approximate surface area is 182 Å². The van der Waals surface area contributed by atoms with Gasteiger partial charge in [-0.3, -0.25) is 19.4 Å². The van der Waals surface area contributed by atoms with Gasteiger partial charge in [0.05, 0.1) is 12.1 Å². The van der Waals surface area contributed by atoms with Gasteiger partial charge in [0.25, 0.3) is 5.91 Å². The van der Waals surface area contributed by atoms with Gasteiger partial charge in [-0.1, -0.05) is 30.3 Å². The lowest BCUT2D eigenvalue weighted by Gasteiger charge is -2.51. The summed E-state index contributed by atoms with van der Waals surface area (Å²) < 4.78 is 0. The molecule has 2 aliphatic carbocycles. The lowest BCUT2D eigenvalue weighted by molar-refractivity contribution is -0.145. The number of aliphatic carboxylic acids is 1. The molecule has 168 valence electrons. The molecule has 8 nitrogen and oxygen atoms in total. The van der Waals surface area contributed by atoms with Crippen molar-refractivity contribution in [3.05, 3.63) is 35.9 Å². The Morgan fingerprint density at radius 1 is 1.03 bits per heavy atom. The smallest absolute Gasteiger partial charge is 0.328 e. The molecule has 3 aliphatic rings. The molecule has 0 bridgehead atoms. The monoisotopic (exact) mass is 429 g/mol. The number of amides is 3. The van der Waals surface area contributed by atoms with Crippen LogP contribution >= 0.6 is 0 Å². The third kappa shape index (κ3) is 3.42. The van der Waals surface area contributed by atoms with Gasteiger partial charge in [0.15, 0.2) is 0 Å². The van der Waals surface area contributed by atoms with Crippen molar-refractivity contribution in [3.63, 3.8) is 0 Å². The van der Waals surface area contributed by atoms with E-state index in [0.717, 1.165) is 16.9 Å². The molecule has 2 saturated carbocycles. The Kier molecular flexibility index (Phi) is 5.34.